The van der Waals surface area contributed by atoms with Crippen LogP contribution in [0, 0.1) is 17.3 Å². The Labute approximate surface area is 240 Å². The largest absolute Gasteiger partial charge is 0.481 e. The van der Waals surface area contributed by atoms with Gasteiger partial charge in [0, 0.05) is 50.6 Å². The Hall–Kier alpha value is -2.69. The van der Waals surface area contributed by atoms with Crippen molar-refractivity contribution >= 4 is 17.9 Å². The first-order valence-corrected chi connectivity index (χ1v) is 15.3. The van der Waals surface area contributed by atoms with Crippen molar-refractivity contribution in [1.29, 1.82) is 0 Å². The highest BCUT2D eigenvalue weighted by atomic mass is 16.6. The fourth-order valence-corrected chi connectivity index (χ4v) is 8.05. The van der Waals surface area contributed by atoms with Crippen LogP contribution in [0.25, 0.3) is 0 Å². The lowest BCUT2D eigenvalue weighted by Crippen LogP contribution is -2.62. The van der Waals surface area contributed by atoms with E-state index in [0.29, 0.717) is 49.7 Å². The van der Waals surface area contributed by atoms with Gasteiger partial charge in [0.1, 0.15) is 12.2 Å². The zero-order valence-electron chi connectivity index (χ0n) is 23.5. The van der Waals surface area contributed by atoms with Crippen molar-refractivity contribution in [3.05, 3.63) is 35.3 Å². The van der Waals surface area contributed by atoms with Crippen LogP contribution in [0.15, 0.2) is 35.3 Å². The van der Waals surface area contributed by atoms with Gasteiger partial charge >= 0.3 is 17.9 Å². The van der Waals surface area contributed by atoms with Crippen molar-refractivity contribution in [2.45, 2.75) is 101 Å². The normalized spacial score (nSPS) is 35.2. The Morgan fingerprint density at radius 2 is 1.88 bits per heavy atom. The van der Waals surface area contributed by atoms with Crippen molar-refractivity contribution in [3.8, 4) is 0 Å². The summed E-state index contributed by atoms with van der Waals surface area (Å²) < 4.78 is 18.5. The van der Waals surface area contributed by atoms with E-state index >= 15 is 0 Å². The Morgan fingerprint density at radius 3 is 2.61 bits per heavy atom. The number of rotatable bonds is 12. The number of fused-ring (bicyclic) bond motifs is 1. The number of hydrogen-bond donors (Lipinski definition) is 3. The van der Waals surface area contributed by atoms with E-state index in [-0.39, 0.29) is 44.2 Å². The molecule has 1 spiro atoms. The summed E-state index contributed by atoms with van der Waals surface area (Å²) in [4.78, 5) is 38.9. The molecule has 10 heteroatoms. The summed E-state index contributed by atoms with van der Waals surface area (Å²) in [6.07, 6.45) is 11.2. The number of hydrogen-bond acceptors (Lipinski definition) is 9. The summed E-state index contributed by atoms with van der Waals surface area (Å²) in [5.74, 6) is -0.475. The number of ether oxygens (including phenoxy) is 3. The molecule has 2 saturated heterocycles. The third-order valence-electron chi connectivity index (χ3n) is 10.2. The molecule has 2 heterocycles. The number of esters is 2. The number of carboxylic acids is 1. The van der Waals surface area contributed by atoms with Gasteiger partial charge in [-0.15, -0.1) is 0 Å². The lowest BCUT2D eigenvalue weighted by Gasteiger charge is -2.49. The summed E-state index contributed by atoms with van der Waals surface area (Å²) in [6, 6.07) is -0.0771. The second-order valence-corrected chi connectivity index (χ2v) is 12.7. The smallest absolute Gasteiger partial charge is 0.311 e. The van der Waals surface area contributed by atoms with Crippen LogP contribution in [0.3, 0.4) is 0 Å². The van der Waals surface area contributed by atoms with Crippen LogP contribution in [0.5, 0.6) is 0 Å². The van der Waals surface area contributed by atoms with E-state index in [1.165, 1.54) is 19.3 Å². The maximum Gasteiger partial charge on any atom is 0.311 e. The minimum absolute atomic E-state index is 0.00384. The van der Waals surface area contributed by atoms with Gasteiger partial charge in [-0.25, -0.2) is 0 Å². The number of likely N-dealkylation sites (tertiary alicyclic amines) is 1. The maximum absolute atomic E-state index is 12.8. The quantitative estimate of drug-likeness (QED) is 0.236. The van der Waals surface area contributed by atoms with Gasteiger partial charge in [0.05, 0.1) is 11.0 Å². The minimum atomic E-state index is -1.10. The van der Waals surface area contributed by atoms with Crippen LogP contribution in [0.4, 0.5) is 0 Å². The number of aliphatic hydroxyl groups excluding tert-OH is 1. The zero-order chi connectivity index (χ0) is 28.8. The molecule has 0 amide bonds. The van der Waals surface area contributed by atoms with Gasteiger partial charge in [-0.1, -0.05) is 18.6 Å². The third kappa shape index (κ3) is 4.91. The molecule has 0 aromatic heterocycles. The molecule has 6 aliphatic rings. The average molecular weight is 572 g/mol. The molecule has 2 saturated carbocycles. The van der Waals surface area contributed by atoms with Gasteiger partial charge in [-0.3, -0.25) is 19.3 Å². The summed E-state index contributed by atoms with van der Waals surface area (Å²) in [5, 5.41) is 30.7. The second kappa shape index (κ2) is 11.2. The number of allylic oxidation sites excluding steroid dienone is 4. The fourth-order valence-electron chi connectivity index (χ4n) is 8.05. The van der Waals surface area contributed by atoms with Crippen molar-refractivity contribution in [2.75, 3.05) is 19.7 Å². The molecule has 3 N–H and O–H groups in total. The van der Waals surface area contributed by atoms with Crippen LogP contribution in [-0.2, 0) is 28.6 Å². The molecule has 0 radical (unpaired) electrons. The van der Waals surface area contributed by atoms with E-state index in [2.05, 4.69) is 11.0 Å². The van der Waals surface area contributed by atoms with Crippen LogP contribution >= 0.6 is 0 Å². The molecule has 4 fully saturated rings. The predicted molar refractivity (Wildman–Crippen MR) is 145 cm³/mol. The molecular formula is C31H41NO9. The molecule has 224 valence electrons. The summed E-state index contributed by atoms with van der Waals surface area (Å²) in [7, 11) is 0. The van der Waals surface area contributed by atoms with Crippen molar-refractivity contribution in [1.82, 2.24) is 4.90 Å². The molecule has 4 aliphatic carbocycles. The third-order valence-corrected chi connectivity index (χ3v) is 10.2. The molecule has 6 unspecified atom stereocenters. The van der Waals surface area contributed by atoms with Gasteiger partial charge in [0.25, 0.3) is 0 Å². The second-order valence-electron chi connectivity index (χ2n) is 12.7. The van der Waals surface area contributed by atoms with E-state index in [4.69, 9.17) is 24.4 Å². The van der Waals surface area contributed by atoms with Gasteiger partial charge in [-0.05, 0) is 69.3 Å². The van der Waals surface area contributed by atoms with Gasteiger partial charge in [-0.2, -0.15) is 0 Å². The molecular weight excluding hydrogens is 530 g/mol. The van der Waals surface area contributed by atoms with Crippen molar-refractivity contribution < 1.29 is 43.9 Å². The number of aliphatic hydroxyl groups is 2. The molecule has 10 nitrogen and oxygen atoms in total. The number of aliphatic carboxylic acids is 1. The molecule has 6 rings (SSSR count). The van der Waals surface area contributed by atoms with Gasteiger partial charge in [0.2, 0.25) is 0 Å². The highest BCUT2D eigenvalue weighted by molar-refractivity contribution is 5.72. The van der Waals surface area contributed by atoms with Crippen LogP contribution in [-0.4, -0.2) is 81.7 Å². The Morgan fingerprint density at radius 1 is 1.07 bits per heavy atom. The number of nitrogens with zero attached hydrogens (tertiary/aromatic N) is 1. The zero-order valence-corrected chi connectivity index (χ0v) is 23.5. The monoisotopic (exact) mass is 571 g/mol. The van der Waals surface area contributed by atoms with E-state index in [9.17, 15) is 19.5 Å². The Bertz CT molecular complexity index is 1170. The standard InChI is InChI=1S/C31H41NO9/c33-14-2-1-8-26(36)39-22-11-10-20-15-21-28(22)41-29-23(40-27(37)9-4-7-25(34)35)12-13-31(38)24(16-20)32(18-30(21,29)31)17-19-5-3-6-19/h10-11,15,19-20,23-24,29,33,38H,1-9,12-14,16-18H2,(H,34,35). The summed E-state index contributed by atoms with van der Waals surface area (Å²) in [5.41, 5.74) is -1.11. The lowest BCUT2D eigenvalue weighted by molar-refractivity contribution is -0.186. The molecule has 41 heavy (non-hydrogen) atoms. The first kappa shape index (κ1) is 28.4. The fraction of sp³-hybridized carbons (Fsp3) is 0.710. The molecule has 0 aromatic rings. The van der Waals surface area contributed by atoms with Crippen LogP contribution in [0.2, 0.25) is 0 Å². The number of carboxylic acid groups (broad SMARTS) is 1. The first-order chi connectivity index (χ1) is 19.7. The topological polar surface area (TPSA) is 143 Å². The molecule has 4 bridgehead atoms. The number of unbranched alkanes of at least 4 members (excludes halogenated alkanes) is 1. The Kier molecular flexibility index (Phi) is 7.76. The summed E-state index contributed by atoms with van der Waals surface area (Å²) >= 11 is 0. The highest BCUT2D eigenvalue weighted by Gasteiger charge is 2.76. The molecule has 6 atom stereocenters. The van der Waals surface area contributed by atoms with E-state index in [1.807, 2.05) is 6.08 Å². The molecule has 2 aliphatic heterocycles. The lowest BCUT2D eigenvalue weighted by atomic mass is 9.58. The minimum Gasteiger partial charge on any atom is -0.481 e. The number of carbonyl (C=O) groups excluding carboxylic acids is 2. The van der Waals surface area contributed by atoms with E-state index in [0.717, 1.165) is 18.5 Å². The van der Waals surface area contributed by atoms with Crippen molar-refractivity contribution in [2.24, 2.45) is 17.3 Å². The molecule has 0 aromatic carbocycles. The summed E-state index contributed by atoms with van der Waals surface area (Å²) in [6.45, 7) is 1.50. The maximum atomic E-state index is 12.8. The van der Waals surface area contributed by atoms with Gasteiger partial charge in [0.15, 0.2) is 11.5 Å². The highest BCUT2D eigenvalue weighted by Crippen LogP contribution is 2.66. The Balaban J connectivity index is 1.34. The van der Waals surface area contributed by atoms with E-state index in [1.54, 1.807) is 6.08 Å². The average Bonchev–Trinajstić information content (AvgIpc) is 3.21. The SMILES string of the molecule is O=C(O)CCCC(=O)OC1CCC2(O)C3CC4C=CC(OC(=O)CCCCO)=C5OC1C2(CN3CC1CCC1)C5=C4. The number of carbonyl (C=O) groups is 3. The van der Waals surface area contributed by atoms with E-state index < -0.39 is 41.1 Å². The first-order valence-electron chi connectivity index (χ1n) is 15.3. The van der Waals surface area contributed by atoms with Crippen LogP contribution < -0.4 is 0 Å². The van der Waals surface area contributed by atoms with Crippen molar-refractivity contribution in [3.63, 3.8) is 0 Å². The predicted octanol–water partition coefficient (Wildman–Crippen LogP) is 2.98. The van der Waals surface area contributed by atoms with Crippen LogP contribution in [0.1, 0.15) is 77.0 Å². The van der Waals surface area contributed by atoms with Gasteiger partial charge < -0.3 is 29.5 Å².